The van der Waals surface area contributed by atoms with Gasteiger partial charge in [-0.3, -0.25) is 4.79 Å². The van der Waals surface area contributed by atoms with Gasteiger partial charge in [0, 0.05) is 29.0 Å². The molecule has 1 heterocycles. The predicted octanol–water partition coefficient (Wildman–Crippen LogP) is 2.26. The van der Waals surface area contributed by atoms with E-state index >= 15 is 0 Å². The highest BCUT2D eigenvalue weighted by Crippen LogP contribution is 2.19. The summed E-state index contributed by atoms with van der Waals surface area (Å²) in [7, 11) is -1.53. The van der Waals surface area contributed by atoms with Crippen molar-refractivity contribution in [2.45, 2.75) is 12.5 Å². The highest BCUT2D eigenvalue weighted by molar-refractivity contribution is 7.91. The largest absolute Gasteiger partial charge is 0.497 e. The Balaban J connectivity index is 1.61. The summed E-state index contributed by atoms with van der Waals surface area (Å²) in [4.78, 5) is 24.5. The quantitative estimate of drug-likeness (QED) is 0.709. The van der Waals surface area contributed by atoms with Gasteiger partial charge in [0.25, 0.3) is 5.91 Å². The Labute approximate surface area is 163 Å². The zero-order chi connectivity index (χ0) is 20.1. The van der Waals surface area contributed by atoms with Crippen LogP contribution in [0.3, 0.4) is 0 Å². The van der Waals surface area contributed by atoms with Crippen LogP contribution in [0, 0.1) is 0 Å². The van der Waals surface area contributed by atoms with Crippen LogP contribution >= 0.6 is 0 Å². The van der Waals surface area contributed by atoms with Crippen LogP contribution in [0.2, 0.25) is 0 Å². The summed E-state index contributed by atoms with van der Waals surface area (Å²) in [5, 5.41) is 8.04. The van der Waals surface area contributed by atoms with Gasteiger partial charge in [-0.25, -0.2) is 13.2 Å². The maximum Gasteiger partial charge on any atom is 0.319 e. The number of urea groups is 1. The molecule has 8 nitrogen and oxygen atoms in total. The molecule has 1 aliphatic heterocycles. The summed E-state index contributed by atoms with van der Waals surface area (Å²) in [5.74, 6) is 0.319. The smallest absolute Gasteiger partial charge is 0.319 e. The molecular formula is C19H21N3O5S. The Hall–Kier alpha value is -3.07. The van der Waals surface area contributed by atoms with Crippen molar-refractivity contribution in [3.05, 3.63) is 54.1 Å². The van der Waals surface area contributed by atoms with Gasteiger partial charge in [-0.05, 0) is 36.8 Å². The van der Waals surface area contributed by atoms with Crippen molar-refractivity contribution in [3.63, 3.8) is 0 Å². The van der Waals surface area contributed by atoms with Crippen LogP contribution in [0.25, 0.3) is 0 Å². The van der Waals surface area contributed by atoms with E-state index in [1.165, 1.54) is 0 Å². The molecule has 1 atom stereocenters. The maximum absolute atomic E-state index is 12.5. The topological polar surface area (TPSA) is 114 Å². The van der Waals surface area contributed by atoms with E-state index in [2.05, 4.69) is 16.0 Å². The van der Waals surface area contributed by atoms with E-state index in [0.717, 1.165) is 0 Å². The molecule has 0 aliphatic carbocycles. The van der Waals surface area contributed by atoms with Gasteiger partial charge in [0.05, 0.1) is 18.6 Å². The van der Waals surface area contributed by atoms with Crippen molar-refractivity contribution in [1.82, 2.24) is 5.32 Å². The van der Waals surface area contributed by atoms with Gasteiger partial charge in [-0.15, -0.1) is 0 Å². The second-order valence-corrected chi connectivity index (χ2v) is 8.69. The van der Waals surface area contributed by atoms with Gasteiger partial charge in [0.1, 0.15) is 5.75 Å². The van der Waals surface area contributed by atoms with Crippen molar-refractivity contribution < 1.29 is 22.7 Å². The Kier molecular flexibility index (Phi) is 5.84. The second kappa shape index (κ2) is 8.30. The highest BCUT2D eigenvalue weighted by Gasteiger charge is 2.28. The standard InChI is InChI=1S/C19H21N3O5S/c1-27-17-7-3-6-15(11-17)20-18(23)13-4-2-5-14(10-13)21-19(24)22-16-8-9-28(25,26)12-16/h2-7,10-11,16H,8-9,12H2,1H3,(H,20,23)(H2,21,22,24)/t16-/m1/s1. The number of amides is 3. The highest BCUT2D eigenvalue weighted by atomic mass is 32.2. The molecule has 2 aromatic carbocycles. The lowest BCUT2D eigenvalue weighted by atomic mass is 10.2. The van der Waals surface area contributed by atoms with Crippen LogP contribution in [0.15, 0.2) is 48.5 Å². The molecule has 0 spiro atoms. The molecule has 3 rings (SSSR count). The van der Waals surface area contributed by atoms with Crippen molar-refractivity contribution in [2.24, 2.45) is 0 Å². The fraction of sp³-hybridized carbons (Fsp3) is 0.263. The Morgan fingerprint density at radius 2 is 1.75 bits per heavy atom. The molecule has 3 N–H and O–H groups in total. The molecule has 1 aliphatic rings. The first kappa shape index (κ1) is 19.7. The molecule has 1 saturated heterocycles. The second-order valence-electron chi connectivity index (χ2n) is 6.47. The number of methoxy groups -OCH3 is 1. The van der Waals surface area contributed by atoms with E-state index in [1.807, 2.05) is 0 Å². The van der Waals surface area contributed by atoms with Crippen LogP contribution < -0.4 is 20.7 Å². The lowest BCUT2D eigenvalue weighted by Crippen LogP contribution is -2.38. The average molecular weight is 403 g/mol. The van der Waals surface area contributed by atoms with Gasteiger partial charge < -0.3 is 20.7 Å². The average Bonchev–Trinajstić information content (AvgIpc) is 3.00. The van der Waals surface area contributed by atoms with Crippen molar-refractivity contribution in [3.8, 4) is 5.75 Å². The summed E-state index contributed by atoms with van der Waals surface area (Å²) < 4.78 is 28.1. The molecule has 0 bridgehead atoms. The number of anilines is 2. The van der Waals surface area contributed by atoms with E-state index in [0.29, 0.717) is 29.1 Å². The van der Waals surface area contributed by atoms with Gasteiger partial charge in [-0.1, -0.05) is 12.1 Å². The minimum absolute atomic E-state index is 0.0522. The number of rotatable bonds is 5. The Morgan fingerprint density at radius 3 is 2.43 bits per heavy atom. The number of ether oxygens (including phenoxy) is 1. The van der Waals surface area contributed by atoms with E-state index in [-0.39, 0.29) is 17.4 Å². The third-order valence-corrected chi connectivity index (χ3v) is 6.05. The summed E-state index contributed by atoms with van der Waals surface area (Å²) in [6.45, 7) is 0. The molecule has 2 aromatic rings. The van der Waals surface area contributed by atoms with Crippen LogP contribution in [0.5, 0.6) is 5.75 Å². The van der Waals surface area contributed by atoms with Gasteiger partial charge in [0.15, 0.2) is 9.84 Å². The summed E-state index contributed by atoms with van der Waals surface area (Å²) >= 11 is 0. The molecule has 0 aromatic heterocycles. The summed E-state index contributed by atoms with van der Waals surface area (Å²) in [5.41, 5.74) is 1.38. The first-order chi connectivity index (χ1) is 13.3. The normalized spacial score (nSPS) is 17.5. The first-order valence-corrected chi connectivity index (χ1v) is 10.5. The number of carbonyl (C=O) groups excluding carboxylic acids is 2. The number of sulfone groups is 1. The van der Waals surface area contributed by atoms with E-state index in [4.69, 9.17) is 4.74 Å². The van der Waals surface area contributed by atoms with E-state index in [1.54, 1.807) is 55.6 Å². The molecular weight excluding hydrogens is 382 g/mol. The fourth-order valence-electron chi connectivity index (χ4n) is 2.90. The Morgan fingerprint density at radius 1 is 1.04 bits per heavy atom. The fourth-order valence-corrected chi connectivity index (χ4v) is 4.58. The molecule has 0 saturated carbocycles. The van der Waals surface area contributed by atoms with Crippen LogP contribution in [0.1, 0.15) is 16.8 Å². The van der Waals surface area contributed by atoms with Gasteiger partial charge >= 0.3 is 6.03 Å². The number of nitrogens with one attached hydrogen (secondary N) is 3. The first-order valence-electron chi connectivity index (χ1n) is 8.68. The Bertz CT molecular complexity index is 991. The zero-order valence-electron chi connectivity index (χ0n) is 15.3. The van der Waals surface area contributed by atoms with Crippen LogP contribution in [-0.4, -0.2) is 45.0 Å². The van der Waals surface area contributed by atoms with Crippen LogP contribution in [0.4, 0.5) is 16.2 Å². The van der Waals surface area contributed by atoms with Gasteiger partial charge in [-0.2, -0.15) is 0 Å². The number of hydrogen-bond donors (Lipinski definition) is 3. The number of benzene rings is 2. The van der Waals surface area contributed by atoms with E-state index < -0.39 is 21.9 Å². The molecule has 0 unspecified atom stereocenters. The minimum Gasteiger partial charge on any atom is -0.497 e. The molecule has 3 amide bonds. The number of carbonyl (C=O) groups is 2. The third kappa shape index (κ3) is 5.23. The van der Waals surface area contributed by atoms with Crippen LogP contribution in [-0.2, 0) is 9.84 Å². The van der Waals surface area contributed by atoms with E-state index in [9.17, 15) is 18.0 Å². The molecule has 148 valence electrons. The SMILES string of the molecule is COc1cccc(NC(=O)c2cccc(NC(=O)N[C@@H]3CCS(=O)(=O)C3)c2)c1. The minimum atomic E-state index is -3.07. The lowest BCUT2D eigenvalue weighted by Gasteiger charge is -2.13. The number of hydrogen-bond acceptors (Lipinski definition) is 5. The van der Waals surface area contributed by atoms with Crippen molar-refractivity contribution in [1.29, 1.82) is 0 Å². The molecule has 1 fully saturated rings. The molecule has 0 radical (unpaired) electrons. The summed E-state index contributed by atoms with van der Waals surface area (Å²) in [6, 6.07) is 12.5. The lowest BCUT2D eigenvalue weighted by molar-refractivity contribution is 0.102. The summed E-state index contributed by atoms with van der Waals surface area (Å²) in [6.07, 6.45) is 0.402. The zero-order valence-corrected chi connectivity index (χ0v) is 16.1. The predicted molar refractivity (Wildman–Crippen MR) is 107 cm³/mol. The van der Waals surface area contributed by atoms with Crippen molar-refractivity contribution in [2.75, 3.05) is 29.2 Å². The molecule has 28 heavy (non-hydrogen) atoms. The monoisotopic (exact) mass is 403 g/mol. The molecule has 9 heteroatoms. The third-order valence-electron chi connectivity index (χ3n) is 4.28. The maximum atomic E-state index is 12.5. The van der Waals surface area contributed by atoms with Gasteiger partial charge in [0.2, 0.25) is 0 Å². The van der Waals surface area contributed by atoms with Crippen molar-refractivity contribution >= 4 is 33.2 Å².